The number of anilines is 1. The van der Waals surface area contributed by atoms with Crippen LogP contribution in [-0.4, -0.2) is 38.7 Å². The summed E-state index contributed by atoms with van der Waals surface area (Å²) in [6.07, 6.45) is 1.05. The normalized spacial score (nSPS) is 17.8. The van der Waals surface area contributed by atoms with E-state index in [1.54, 1.807) is 0 Å². The molecule has 2 rings (SSSR count). The van der Waals surface area contributed by atoms with Crippen molar-refractivity contribution in [3.8, 4) is 0 Å². The van der Waals surface area contributed by atoms with E-state index in [-0.39, 0.29) is 18.2 Å². The van der Waals surface area contributed by atoms with Gasteiger partial charge in [-0.25, -0.2) is 12.8 Å². The number of nitrogens with zero attached hydrogens (tertiary/aromatic N) is 1. The minimum atomic E-state index is -5.63. The van der Waals surface area contributed by atoms with Crippen molar-refractivity contribution >= 4 is 15.5 Å². The average Bonchev–Trinajstić information content (AvgIpc) is 2.46. The summed E-state index contributed by atoms with van der Waals surface area (Å²) in [6.45, 7) is 0.583. The third kappa shape index (κ3) is 3.19. The zero-order valence-corrected chi connectivity index (χ0v) is 12.3. The molecule has 22 heavy (non-hydrogen) atoms. The van der Waals surface area contributed by atoms with Crippen LogP contribution >= 0.6 is 0 Å². The molecule has 1 aliphatic rings. The van der Waals surface area contributed by atoms with E-state index in [1.165, 1.54) is 4.90 Å². The van der Waals surface area contributed by atoms with E-state index in [4.69, 9.17) is 5.11 Å². The monoisotopic (exact) mass is 341 g/mol. The van der Waals surface area contributed by atoms with E-state index in [0.29, 0.717) is 32.0 Å². The lowest BCUT2D eigenvalue weighted by atomic mass is 9.97. The van der Waals surface area contributed by atoms with Crippen molar-refractivity contribution in [1.82, 2.24) is 0 Å². The fraction of sp³-hybridized carbons (Fsp3) is 0.538. The highest BCUT2D eigenvalue weighted by molar-refractivity contribution is 7.92. The van der Waals surface area contributed by atoms with Crippen LogP contribution in [0.3, 0.4) is 0 Å². The first-order chi connectivity index (χ1) is 10.2. The largest absolute Gasteiger partial charge is 0.501 e. The smallest absolute Gasteiger partial charge is 0.396 e. The van der Waals surface area contributed by atoms with Gasteiger partial charge in [0.2, 0.25) is 0 Å². The Bertz CT molecular complexity index is 637. The molecule has 0 bridgehead atoms. The SMILES string of the molecule is O=S(=O)(c1cc(F)ccc1N1CCC(CO)CC1)C(F)(F)F. The van der Waals surface area contributed by atoms with E-state index in [0.717, 1.165) is 12.1 Å². The molecular formula is C13H15F4NO3S. The second-order valence-corrected chi connectivity index (χ2v) is 7.08. The zero-order chi connectivity index (χ0) is 16.5. The number of piperidine rings is 1. The van der Waals surface area contributed by atoms with Crippen molar-refractivity contribution in [2.45, 2.75) is 23.2 Å². The van der Waals surface area contributed by atoms with Crippen LogP contribution in [-0.2, 0) is 9.84 Å². The van der Waals surface area contributed by atoms with E-state index < -0.39 is 26.1 Å². The predicted octanol–water partition coefficient (Wildman–Crippen LogP) is 2.33. The van der Waals surface area contributed by atoms with Gasteiger partial charge in [0.25, 0.3) is 9.84 Å². The number of aliphatic hydroxyl groups excluding tert-OH is 1. The van der Waals surface area contributed by atoms with Crippen LogP contribution in [0.5, 0.6) is 0 Å². The second kappa shape index (κ2) is 6.04. The summed E-state index contributed by atoms with van der Waals surface area (Å²) in [5.41, 5.74) is -5.64. The fourth-order valence-corrected chi connectivity index (χ4v) is 3.44. The van der Waals surface area contributed by atoms with E-state index in [2.05, 4.69) is 0 Å². The number of aliphatic hydroxyl groups is 1. The molecule has 0 spiro atoms. The van der Waals surface area contributed by atoms with E-state index >= 15 is 0 Å². The Labute approximate surface area is 125 Å². The number of hydrogen-bond acceptors (Lipinski definition) is 4. The molecule has 0 radical (unpaired) electrons. The Morgan fingerprint density at radius 2 is 1.82 bits per heavy atom. The van der Waals surface area contributed by atoms with Gasteiger partial charge in [-0.3, -0.25) is 0 Å². The van der Waals surface area contributed by atoms with Crippen LogP contribution in [0.4, 0.5) is 23.2 Å². The number of alkyl halides is 3. The highest BCUT2D eigenvalue weighted by Crippen LogP contribution is 2.37. The molecule has 1 aromatic carbocycles. The predicted molar refractivity (Wildman–Crippen MR) is 71.7 cm³/mol. The summed E-state index contributed by atoms with van der Waals surface area (Å²) in [7, 11) is -5.63. The molecule has 0 unspecified atom stereocenters. The van der Waals surface area contributed by atoms with Gasteiger partial charge < -0.3 is 10.0 Å². The standard InChI is InChI=1S/C13H15F4NO3S/c14-10-1-2-11(18-5-3-9(8-19)4-6-18)12(7-10)22(20,21)13(15,16)17/h1-2,7,9,19H,3-6,8H2. The third-order valence-corrected chi connectivity index (χ3v) is 5.24. The van der Waals surface area contributed by atoms with Crippen molar-refractivity contribution in [3.63, 3.8) is 0 Å². The van der Waals surface area contributed by atoms with Crippen LogP contribution in [0.15, 0.2) is 23.1 Å². The van der Waals surface area contributed by atoms with Gasteiger partial charge in [-0.15, -0.1) is 0 Å². The van der Waals surface area contributed by atoms with Gasteiger partial charge in [0.05, 0.1) is 5.69 Å². The summed E-state index contributed by atoms with van der Waals surface area (Å²) in [5.74, 6) is -1.00. The third-order valence-electron chi connectivity index (χ3n) is 3.73. The van der Waals surface area contributed by atoms with Crippen molar-refractivity contribution in [3.05, 3.63) is 24.0 Å². The second-order valence-electron chi connectivity index (χ2n) is 5.17. The van der Waals surface area contributed by atoms with E-state index in [9.17, 15) is 26.0 Å². The van der Waals surface area contributed by atoms with Gasteiger partial charge in [0, 0.05) is 19.7 Å². The fourth-order valence-electron chi connectivity index (χ4n) is 2.45. The van der Waals surface area contributed by atoms with Crippen molar-refractivity contribution in [1.29, 1.82) is 0 Å². The lowest BCUT2D eigenvalue weighted by Gasteiger charge is -2.34. The quantitative estimate of drug-likeness (QED) is 0.858. The minimum absolute atomic E-state index is 0.0229. The number of benzene rings is 1. The molecule has 1 saturated heterocycles. The molecule has 4 nitrogen and oxygen atoms in total. The van der Waals surface area contributed by atoms with Crippen molar-refractivity contribution in [2.24, 2.45) is 5.92 Å². The molecule has 1 fully saturated rings. The Hall–Kier alpha value is -1.35. The minimum Gasteiger partial charge on any atom is -0.396 e. The molecule has 1 aromatic rings. The number of halogens is 4. The van der Waals surface area contributed by atoms with Crippen molar-refractivity contribution < 1.29 is 31.1 Å². The first-order valence-corrected chi connectivity index (χ1v) is 8.12. The van der Waals surface area contributed by atoms with Gasteiger partial charge in [0.1, 0.15) is 10.7 Å². The summed E-state index contributed by atoms with van der Waals surface area (Å²) >= 11 is 0. The summed E-state index contributed by atoms with van der Waals surface area (Å²) in [6, 6.07) is 2.38. The first kappa shape index (κ1) is 17.0. The molecular weight excluding hydrogens is 326 g/mol. The highest BCUT2D eigenvalue weighted by Gasteiger charge is 2.48. The molecule has 1 N–H and O–H groups in total. The Kier molecular flexibility index (Phi) is 4.67. The van der Waals surface area contributed by atoms with E-state index in [1.807, 2.05) is 0 Å². The van der Waals surface area contributed by atoms with Gasteiger partial charge in [-0.05, 0) is 37.0 Å². The van der Waals surface area contributed by atoms with Crippen LogP contribution in [0.2, 0.25) is 0 Å². The molecule has 1 aliphatic heterocycles. The Morgan fingerprint density at radius 3 is 2.32 bits per heavy atom. The molecule has 1 heterocycles. The topological polar surface area (TPSA) is 57.6 Å². The molecule has 0 amide bonds. The summed E-state index contributed by atoms with van der Waals surface area (Å²) < 4.78 is 74.8. The lowest BCUT2D eigenvalue weighted by molar-refractivity contribution is -0.0435. The number of sulfone groups is 1. The number of hydrogen-bond donors (Lipinski definition) is 1. The van der Waals surface area contributed by atoms with Gasteiger partial charge >= 0.3 is 5.51 Å². The van der Waals surface area contributed by atoms with Crippen molar-refractivity contribution in [2.75, 3.05) is 24.6 Å². The lowest BCUT2D eigenvalue weighted by Crippen LogP contribution is -2.36. The number of rotatable bonds is 3. The highest BCUT2D eigenvalue weighted by atomic mass is 32.2. The maximum Gasteiger partial charge on any atom is 0.501 e. The first-order valence-electron chi connectivity index (χ1n) is 6.63. The summed E-state index contributed by atoms with van der Waals surface area (Å²) in [4.78, 5) is 0.409. The van der Waals surface area contributed by atoms with Crippen LogP contribution in [0, 0.1) is 11.7 Å². The Balaban J connectivity index is 2.42. The van der Waals surface area contributed by atoms with Gasteiger partial charge in [-0.2, -0.15) is 13.2 Å². The zero-order valence-electron chi connectivity index (χ0n) is 11.5. The Morgan fingerprint density at radius 1 is 1.23 bits per heavy atom. The molecule has 0 aliphatic carbocycles. The maximum absolute atomic E-state index is 13.3. The van der Waals surface area contributed by atoms with Crippen LogP contribution in [0.1, 0.15) is 12.8 Å². The molecule has 0 atom stereocenters. The summed E-state index contributed by atoms with van der Waals surface area (Å²) in [5, 5.41) is 9.06. The van der Waals surface area contributed by atoms with Crippen LogP contribution < -0.4 is 4.90 Å². The van der Waals surface area contributed by atoms with Gasteiger partial charge in [0.15, 0.2) is 0 Å². The van der Waals surface area contributed by atoms with Gasteiger partial charge in [-0.1, -0.05) is 0 Å². The maximum atomic E-state index is 13.3. The van der Waals surface area contributed by atoms with Crippen LogP contribution in [0.25, 0.3) is 0 Å². The molecule has 0 aromatic heterocycles. The molecule has 9 heteroatoms. The molecule has 124 valence electrons. The molecule has 0 saturated carbocycles. The average molecular weight is 341 g/mol.